The van der Waals surface area contributed by atoms with Crippen LogP contribution >= 0.6 is 11.3 Å². The third kappa shape index (κ3) is 3.91. The Bertz CT molecular complexity index is 509. The van der Waals surface area contributed by atoms with Crippen LogP contribution in [-0.4, -0.2) is 10.5 Å². The fraction of sp³-hybridized carbons (Fsp3) is 0.533. The van der Waals surface area contributed by atoms with Crippen LogP contribution < -0.4 is 5.32 Å². The van der Waals surface area contributed by atoms with E-state index in [1.54, 1.807) is 17.6 Å². The van der Waals surface area contributed by atoms with Crippen molar-refractivity contribution in [2.45, 2.75) is 52.6 Å². The molecule has 0 aliphatic rings. The highest BCUT2D eigenvalue weighted by molar-refractivity contribution is 7.15. The van der Waals surface area contributed by atoms with Gasteiger partial charge in [0.2, 0.25) is 0 Å². The van der Waals surface area contributed by atoms with Crippen molar-refractivity contribution in [3.05, 3.63) is 29.0 Å². The van der Waals surface area contributed by atoms with E-state index in [0.29, 0.717) is 0 Å². The molecule has 2 aromatic rings. The van der Waals surface area contributed by atoms with Gasteiger partial charge in [0.1, 0.15) is 0 Å². The summed E-state index contributed by atoms with van der Waals surface area (Å²) in [5.74, 6) is 0.865. The van der Waals surface area contributed by atoms with Gasteiger partial charge in [-0.2, -0.15) is 0 Å². The third-order valence-corrected chi connectivity index (χ3v) is 3.89. The Morgan fingerprint density at radius 3 is 2.74 bits per heavy atom. The summed E-state index contributed by atoms with van der Waals surface area (Å²) in [5.41, 5.74) is 1.33. The smallest absolute Gasteiger partial charge is 0.162 e. The van der Waals surface area contributed by atoms with Crippen LogP contribution in [0.5, 0.6) is 0 Å². The van der Waals surface area contributed by atoms with Crippen LogP contribution in [0.1, 0.15) is 44.7 Å². The Morgan fingerprint density at radius 1 is 1.37 bits per heavy atom. The van der Waals surface area contributed by atoms with E-state index < -0.39 is 0 Å². The molecule has 0 spiro atoms. The molecule has 4 heteroatoms. The van der Waals surface area contributed by atoms with E-state index in [1.807, 2.05) is 12.1 Å². The number of furan rings is 1. The van der Waals surface area contributed by atoms with E-state index in [1.165, 1.54) is 10.6 Å². The van der Waals surface area contributed by atoms with Gasteiger partial charge in [0.15, 0.2) is 10.8 Å². The van der Waals surface area contributed by atoms with Gasteiger partial charge in [-0.3, -0.25) is 0 Å². The molecule has 0 radical (unpaired) electrons. The summed E-state index contributed by atoms with van der Waals surface area (Å²) < 4.78 is 5.44. The van der Waals surface area contributed by atoms with Crippen LogP contribution in [0.2, 0.25) is 0 Å². The predicted molar refractivity (Wildman–Crippen MR) is 80.4 cm³/mol. The van der Waals surface area contributed by atoms with Gasteiger partial charge in [0.25, 0.3) is 0 Å². The first-order valence-corrected chi connectivity index (χ1v) is 7.58. The molecule has 0 atom stereocenters. The molecular formula is C15H22N2OS. The number of hydrogen-bond donors (Lipinski definition) is 1. The fourth-order valence-electron chi connectivity index (χ4n) is 1.80. The summed E-state index contributed by atoms with van der Waals surface area (Å²) in [5, 5.41) is 4.52. The van der Waals surface area contributed by atoms with E-state index in [4.69, 9.17) is 9.40 Å². The van der Waals surface area contributed by atoms with Gasteiger partial charge in [-0.05, 0) is 39.3 Å². The summed E-state index contributed by atoms with van der Waals surface area (Å²) >= 11 is 1.73. The first-order chi connectivity index (χ1) is 8.99. The maximum Gasteiger partial charge on any atom is 0.162 e. The van der Waals surface area contributed by atoms with Crippen LogP contribution in [0.25, 0.3) is 10.8 Å². The lowest BCUT2D eigenvalue weighted by Gasteiger charge is -2.20. The number of aromatic nitrogens is 1. The van der Waals surface area contributed by atoms with E-state index in [9.17, 15) is 0 Å². The van der Waals surface area contributed by atoms with Crippen LogP contribution in [0.15, 0.2) is 22.8 Å². The van der Waals surface area contributed by atoms with Gasteiger partial charge < -0.3 is 9.73 Å². The molecule has 0 bridgehead atoms. The van der Waals surface area contributed by atoms with Crippen LogP contribution in [-0.2, 0) is 13.0 Å². The van der Waals surface area contributed by atoms with E-state index in [-0.39, 0.29) is 5.54 Å². The molecule has 2 heterocycles. The van der Waals surface area contributed by atoms with Crippen LogP contribution in [0.3, 0.4) is 0 Å². The van der Waals surface area contributed by atoms with Crippen LogP contribution in [0.4, 0.5) is 0 Å². The third-order valence-electron chi connectivity index (χ3n) is 2.78. The van der Waals surface area contributed by atoms with Crippen LogP contribution in [0, 0.1) is 0 Å². The molecule has 2 rings (SSSR count). The molecule has 0 saturated carbocycles. The summed E-state index contributed by atoms with van der Waals surface area (Å²) in [7, 11) is 0. The first kappa shape index (κ1) is 14.3. The molecule has 0 fully saturated rings. The van der Waals surface area contributed by atoms with Gasteiger partial charge in [-0.25, -0.2) is 4.98 Å². The monoisotopic (exact) mass is 278 g/mol. The summed E-state index contributed by atoms with van der Waals surface area (Å²) in [6.45, 7) is 9.60. The van der Waals surface area contributed by atoms with Crippen molar-refractivity contribution in [3.63, 3.8) is 0 Å². The minimum Gasteiger partial charge on any atom is -0.462 e. The molecule has 0 aliphatic carbocycles. The van der Waals surface area contributed by atoms with Crippen molar-refractivity contribution < 1.29 is 4.42 Å². The lowest BCUT2D eigenvalue weighted by Crippen LogP contribution is -2.35. The second-order valence-corrected chi connectivity index (χ2v) is 6.80. The molecule has 0 unspecified atom stereocenters. The predicted octanol–water partition coefficient (Wildman–Crippen LogP) is 4.24. The second kappa shape index (κ2) is 5.88. The zero-order valence-electron chi connectivity index (χ0n) is 12.1. The van der Waals surface area contributed by atoms with Crippen molar-refractivity contribution in [1.82, 2.24) is 10.3 Å². The quantitative estimate of drug-likeness (QED) is 0.888. The molecule has 0 saturated heterocycles. The zero-order valence-corrected chi connectivity index (χ0v) is 12.9. The molecule has 1 N–H and O–H groups in total. The second-order valence-electron chi connectivity index (χ2n) is 5.72. The summed E-state index contributed by atoms with van der Waals surface area (Å²) in [4.78, 5) is 6.05. The highest BCUT2D eigenvalue weighted by Gasteiger charge is 2.16. The summed E-state index contributed by atoms with van der Waals surface area (Å²) in [6, 6.07) is 3.87. The van der Waals surface area contributed by atoms with Crippen molar-refractivity contribution in [2.24, 2.45) is 0 Å². The SMILES string of the molecule is CCCc1nc(-c2ccco2)sc1CNC(C)(C)C. The Hall–Kier alpha value is -1.13. The minimum atomic E-state index is 0.123. The van der Waals surface area contributed by atoms with Gasteiger partial charge in [-0.15, -0.1) is 11.3 Å². The number of nitrogens with one attached hydrogen (secondary N) is 1. The number of nitrogens with zero attached hydrogens (tertiary/aromatic N) is 1. The zero-order chi connectivity index (χ0) is 13.9. The molecule has 0 aromatic carbocycles. The lowest BCUT2D eigenvalue weighted by molar-refractivity contribution is 0.425. The molecule has 0 amide bonds. The van der Waals surface area contributed by atoms with E-state index in [0.717, 1.165) is 30.2 Å². The van der Waals surface area contributed by atoms with E-state index >= 15 is 0 Å². The summed E-state index contributed by atoms with van der Waals surface area (Å²) in [6.07, 6.45) is 3.84. The molecule has 3 nitrogen and oxygen atoms in total. The maximum absolute atomic E-state index is 5.44. The Labute approximate surface area is 119 Å². The Kier molecular flexibility index (Phi) is 4.42. The number of thiazole rings is 1. The lowest BCUT2D eigenvalue weighted by atomic mass is 10.1. The van der Waals surface area contributed by atoms with Crippen molar-refractivity contribution in [3.8, 4) is 10.8 Å². The van der Waals surface area contributed by atoms with Crippen molar-refractivity contribution >= 4 is 11.3 Å². The number of hydrogen-bond acceptors (Lipinski definition) is 4. The number of rotatable bonds is 5. The van der Waals surface area contributed by atoms with Gasteiger partial charge in [0, 0.05) is 17.0 Å². The molecule has 2 aromatic heterocycles. The first-order valence-electron chi connectivity index (χ1n) is 6.77. The Morgan fingerprint density at radius 2 is 2.16 bits per heavy atom. The number of aryl methyl sites for hydroxylation is 1. The standard InChI is InChI=1S/C15H22N2OS/c1-5-7-11-13(10-16-15(2,3)4)19-14(17-11)12-8-6-9-18-12/h6,8-9,16H,5,7,10H2,1-4H3. The topological polar surface area (TPSA) is 38.1 Å². The molecule has 19 heavy (non-hydrogen) atoms. The average molecular weight is 278 g/mol. The van der Waals surface area contributed by atoms with Gasteiger partial charge in [-0.1, -0.05) is 13.3 Å². The Balaban J connectivity index is 2.21. The van der Waals surface area contributed by atoms with Crippen molar-refractivity contribution in [1.29, 1.82) is 0 Å². The average Bonchev–Trinajstić information content (AvgIpc) is 2.94. The minimum absolute atomic E-state index is 0.123. The molecular weight excluding hydrogens is 256 g/mol. The largest absolute Gasteiger partial charge is 0.462 e. The highest BCUT2D eigenvalue weighted by atomic mass is 32.1. The van der Waals surface area contributed by atoms with E-state index in [2.05, 4.69) is 33.0 Å². The molecule has 104 valence electrons. The van der Waals surface area contributed by atoms with Gasteiger partial charge in [0.05, 0.1) is 12.0 Å². The van der Waals surface area contributed by atoms with Gasteiger partial charge >= 0.3 is 0 Å². The molecule has 0 aliphatic heterocycles. The maximum atomic E-state index is 5.44. The normalized spacial score (nSPS) is 12.0. The van der Waals surface area contributed by atoms with Crippen molar-refractivity contribution in [2.75, 3.05) is 0 Å². The fourth-order valence-corrected chi connectivity index (χ4v) is 2.82. The highest BCUT2D eigenvalue weighted by Crippen LogP contribution is 2.29.